The highest BCUT2D eigenvalue weighted by Crippen LogP contribution is 2.41. The summed E-state index contributed by atoms with van der Waals surface area (Å²) < 4.78 is 0. The van der Waals surface area contributed by atoms with Crippen LogP contribution in [-0.4, -0.2) is 54.8 Å². The summed E-state index contributed by atoms with van der Waals surface area (Å²) in [4.78, 5) is 28.7. The van der Waals surface area contributed by atoms with Crippen LogP contribution in [0.3, 0.4) is 0 Å². The average Bonchev–Trinajstić information content (AvgIpc) is 3.30. The Hall–Kier alpha value is -1.59. The minimum absolute atomic E-state index is 0.0743. The van der Waals surface area contributed by atoms with Crippen molar-refractivity contribution in [2.45, 2.75) is 6.42 Å². The van der Waals surface area contributed by atoms with E-state index in [1.165, 1.54) is 0 Å². The van der Waals surface area contributed by atoms with Crippen LogP contribution in [0.25, 0.3) is 0 Å². The summed E-state index contributed by atoms with van der Waals surface area (Å²) >= 11 is 5.82. The third-order valence-corrected chi connectivity index (χ3v) is 4.62. The van der Waals surface area contributed by atoms with Crippen LogP contribution in [0.1, 0.15) is 6.42 Å². The summed E-state index contributed by atoms with van der Waals surface area (Å²) in [5.41, 5.74) is 0.715. The van der Waals surface area contributed by atoms with Gasteiger partial charge in [-0.1, -0.05) is 11.6 Å². The molecule has 2 aliphatic rings. The van der Waals surface area contributed by atoms with Crippen LogP contribution >= 0.6 is 11.6 Å². The van der Waals surface area contributed by atoms with Gasteiger partial charge in [0.25, 0.3) is 0 Å². The van der Waals surface area contributed by atoms with Gasteiger partial charge in [-0.05, 0) is 37.7 Å². The Labute approximate surface area is 135 Å². The summed E-state index contributed by atoms with van der Waals surface area (Å²) in [5.74, 6) is -0.280. The first-order valence-electron chi connectivity index (χ1n) is 7.58. The number of carbonyl (C=O) groups is 2. The molecule has 1 aromatic rings. The zero-order valence-electron chi connectivity index (χ0n) is 12.6. The Morgan fingerprint density at radius 2 is 1.73 bits per heavy atom. The number of nitrogens with zero attached hydrogens (tertiary/aromatic N) is 2. The van der Waals surface area contributed by atoms with E-state index in [0.717, 1.165) is 26.2 Å². The third kappa shape index (κ3) is 3.42. The highest BCUT2D eigenvalue weighted by atomic mass is 35.5. The summed E-state index contributed by atoms with van der Waals surface area (Å²) in [6.07, 6.45) is 0.657. The maximum atomic E-state index is 12.4. The molecule has 0 spiro atoms. The molecule has 2 atom stereocenters. The first-order valence-corrected chi connectivity index (χ1v) is 7.96. The van der Waals surface area contributed by atoms with Crippen LogP contribution < -0.4 is 5.32 Å². The summed E-state index contributed by atoms with van der Waals surface area (Å²) in [7, 11) is 2.06. The lowest BCUT2D eigenvalue weighted by Gasteiger charge is -2.32. The molecule has 1 aromatic carbocycles. The van der Waals surface area contributed by atoms with Crippen LogP contribution in [0.5, 0.6) is 0 Å². The molecule has 2 unspecified atom stereocenters. The van der Waals surface area contributed by atoms with Crippen LogP contribution in [0.4, 0.5) is 5.69 Å². The second-order valence-electron chi connectivity index (χ2n) is 6.07. The number of hydrogen-bond acceptors (Lipinski definition) is 3. The van der Waals surface area contributed by atoms with E-state index in [1.807, 2.05) is 4.90 Å². The Balaban J connectivity index is 1.51. The molecule has 118 valence electrons. The number of halogens is 1. The van der Waals surface area contributed by atoms with Gasteiger partial charge in [0.15, 0.2) is 0 Å². The van der Waals surface area contributed by atoms with Crippen molar-refractivity contribution in [3.8, 4) is 0 Å². The number of piperazine rings is 1. The van der Waals surface area contributed by atoms with Gasteiger partial charge in [-0.2, -0.15) is 0 Å². The fraction of sp³-hybridized carbons (Fsp3) is 0.500. The number of benzene rings is 1. The second kappa shape index (κ2) is 6.26. The van der Waals surface area contributed by atoms with E-state index in [4.69, 9.17) is 11.6 Å². The minimum atomic E-state index is -0.192. The van der Waals surface area contributed by atoms with Gasteiger partial charge in [0.2, 0.25) is 11.8 Å². The van der Waals surface area contributed by atoms with Gasteiger partial charge in [-0.15, -0.1) is 0 Å². The van der Waals surface area contributed by atoms with Gasteiger partial charge in [0.05, 0.1) is 11.8 Å². The van der Waals surface area contributed by atoms with E-state index in [0.29, 0.717) is 17.1 Å². The Kier molecular flexibility index (Phi) is 4.36. The second-order valence-corrected chi connectivity index (χ2v) is 6.51. The van der Waals surface area contributed by atoms with Crippen molar-refractivity contribution >= 4 is 29.1 Å². The quantitative estimate of drug-likeness (QED) is 0.921. The van der Waals surface area contributed by atoms with E-state index in [9.17, 15) is 9.59 Å². The molecule has 1 aliphatic heterocycles. The average molecular weight is 322 g/mol. The van der Waals surface area contributed by atoms with Crippen molar-refractivity contribution in [3.05, 3.63) is 29.3 Å². The fourth-order valence-corrected chi connectivity index (χ4v) is 2.91. The lowest BCUT2D eigenvalue weighted by atomic mass is 10.2. The minimum Gasteiger partial charge on any atom is -0.340 e. The zero-order chi connectivity index (χ0) is 15.7. The molecule has 2 fully saturated rings. The number of carbonyl (C=O) groups excluding carboxylic acids is 2. The van der Waals surface area contributed by atoms with Crippen molar-refractivity contribution < 1.29 is 9.59 Å². The van der Waals surface area contributed by atoms with Crippen molar-refractivity contribution in [2.24, 2.45) is 11.8 Å². The molecular weight excluding hydrogens is 302 g/mol. The smallest absolute Gasteiger partial charge is 0.228 e. The van der Waals surface area contributed by atoms with Crippen molar-refractivity contribution in [2.75, 3.05) is 38.5 Å². The molecule has 3 rings (SSSR count). The first kappa shape index (κ1) is 15.3. The van der Waals surface area contributed by atoms with Crippen molar-refractivity contribution in [3.63, 3.8) is 0 Å². The van der Waals surface area contributed by atoms with E-state index >= 15 is 0 Å². The molecule has 0 bridgehead atoms. The molecule has 1 aliphatic carbocycles. The first-order chi connectivity index (χ1) is 10.5. The topological polar surface area (TPSA) is 52.7 Å². The van der Waals surface area contributed by atoms with Gasteiger partial charge in [-0.25, -0.2) is 0 Å². The molecule has 1 heterocycles. The van der Waals surface area contributed by atoms with Gasteiger partial charge in [0.1, 0.15) is 0 Å². The number of anilines is 1. The molecule has 1 saturated carbocycles. The van der Waals surface area contributed by atoms with Gasteiger partial charge >= 0.3 is 0 Å². The lowest BCUT2D eigenvalue weighted by molar-refractivity contribution is -0.135. The van der Waals surface area contributed by atoms with Gasteiger partial charge < -0.3 is 15.1 Å². The normalized spacial score (nSPS) is 24.9. The summed E-state index contributed by atoms with van der Waals surface area (Å²) in [6.45, 7) is 3.33. The number of hydrogen-bond donors (Lipinski definition) is 1. The van der Waals surface area contributed by atoms with Crippen molar-refractivity contribution in [1.29, 1.82) is 0 Å². The van der Waals surface area contributed by atoms with E-state index in [-0.39, 0.29) is 23.7 Å². The molecule has 22 heavy (non-hydrogen) atoms. The number of nitrogens with one attached hydrogen (secondary N) is 1. The predicted octanol–water partition coefficient (Wildman–Crippen LogP) is 1.69. The largest absolute Gasteiger partial charge is 0.340 e. The van der Waals surface area contributed by atoms with E-state index in [1.54, 1.807) is 24.3 Å². The number of amides is 2. The molecule has 6 heteroatoms. The number of likely N-dealkylation sites (N-methyl/N-ethyl adjacent to an activating group) is 1. The summed E-state index contributed by atoms with van der Waals surface area (Å²) in [5, 5.41) is 3.48. The molecule has 2 amide bonds. The predicted molar refractivity (Wildman–Crippen MR) is 85.8 cm³/mol. The van der Waals surface area contributed by atoms with E-state index < -0.39 is 0 Å². The SMILES string of the molecule is CN1CCN(C(=O)C2CC2C(=O)Nc2ccc(Cl)cc2)CC1. The molecule has 1 saturated heterocycles. The van der Waals surface area contributed by atoms with Gasteiger partial charge in [-0.3, -0.25) is 9.59 Å². The monoisotopic (exact) mass is 321 g/mol. The molecular formula is C16H20ClN3O2. The Morgan fingerprint density at radius 1 is 1.09 bits per heavy atom. The lowest BCUT2D eigenvalue weighted by Crippen LogP contribution is -2.48. The van der Waals surface area contributed by atoms with Crippen LogP contribution in [0.15, 0.2) is 24.3 Å². The fourth-order valence-electron chi connectivity index (χ4n) is 2.79. The van der Waals surface area contributed by atoms with Crippen molar-refractivity contribution in [1.82, 2.24) is 9.80 Å². The van der Waals surface area contributed by atoms with Crippen LogP contribution in [0.2, 0.25) is 5.02 Å². The highest BCUT2D eigenvalue weighted by Gasteiger charge is 2.49. The zero-order valence-corrected chi connectivity index (χ0v) is 13.3. The Morgan fingerprint density at radius 3 is 2.36 bits per heavy atom. The Bertz CT molecular complexity index is 567. The third-order valence-electron chi connectivity index (χ3n) is 4.37. The highest BCUT2D eigenvalue weighted by molar-refractivity contribution is 6.30. The molecule has 0 aromatic heterocycles. The molecule has 0 radical (unpaired) electrons. The maximum Gasteiger partial charge on any atom is 0.228 e. The maximum absolute atomic E-state index is 12.4. The van der Waals surface area contributed by atoms with Gasteiger partial charge in [0, 0.05) is 36.9 Å². The molecule has 1 N–H and O–H groups in total. The van der Waals surface area contributed by atoms with E-state index in [2.05, 4.69) is 17.3 Å². The van der Waals surface area contributed by atoms with Crippen LogP contribution in [-0.2, 0) is 9.59 Å². The van der Waals surface area contributed by atoms with Crippen LogP contribution in [0, 0.1) is 11.8 Å². The standard InChI is InChI=1S/C16H20ClN3O2/c1-19-6-8-20(9-7-19)16(22)14-10-13(14)15(21)18-12-4-2-11(17)3-5-12/h2-5,13-14H,6-10H2,1H3,(H,18,21). The number of rotatable bonds is 3. The summed E-state index contributed by atoms with van der Waals surface area (Å²) in [6, 6.07) is 6.99. The molecule has 5 nitrogen and oxygen atoms in total.